The fraction of sp³-hybridized carbons (Fsp3) is 0.450. The molecule has 0 amide bonds. The van der Waals surface area contributed by atoms with Crippen LogP contribution in [0.2, 0.25) is 0 Å². The van der Waals surface area contributed by atoms with Crippen LogP contribution in [-0.4, -0.2) is 67.2 Å². The van der Waals surface area contributed by atoms with E-state index in [2.05, 4.69) is 30.1 Å². The molecule has 7 nitrogen and oxygen atoms in total. The maximum Gasteiger partial charge on any atom is 0.225 e. The molecule has 1 N–H and O–H groups in total. The van der Waals surface area contributed by atoms with Gasteiger partial charge in [-0.3, -0.25) is 4.99 Å². The van der Waals surface area contributed by atoms with Crippen LogP contribution in [0.15, 0.2) is 53.8 Å². The molecule has 2 heterocycles. The first-order valence-corrected chi connectivity index (χ1v) is 9.52. The average molecular weight is 368 g/mol. The van der Waals surface area contributed by atoms with Gasteiger partial charge in [0, 0.05) is 52.2 Å². The van der Waals surface area contributed by atoms with E-state index in [1.54, 1.807) is 12.4 Å². The van der Waals surface area contributed by atoms with E-state index in [1.165, 1.54) is 0 Å². The molecule has 2 aromatic rings. The molecule has 1 aliphatic heterocycles. The van der Waals surface area contributed by atoms with Crippen LogP contribution in [0.5, 0.6) is 5.75 Å². The van der Waals surface area contributed by atoms with Gasteiger partial charge in [0.2, 0.25) is 5.95 Å². The number of benzene rings is 1. The largest absolute Gasteiger partial charge is 0.494 e. The van der Waals surface area contributed by atoms with Crippen LogP contribution < -0.4 is 15.0 Å². The van der Waals surface area contributed by atoms with Gasteiger partial charge in [-0.25, -0.2) is 9.97 Å². The highest BCUT2D eigenvalue weighted by molar-refractivity contribution is 5.80. The van der Waals surface area contributed by atoms with Crippen molar-refractivity contribution < 1.29 is 4.74 Å². The van der Waals surface area contributed by atoms with Gasteiger partial charge >= 0.3 is 0 Å². The Labute approximate surface area is 161 Å². The molecule has 3 rings (SSSR count). The number of anilines is 1. The monoisotopic (exact) mass is 368 g/mol. The topological polar surface area (TPSA) is 65.9 Å². The predicted molar refractivity (Wildman–Crippen MR) is 108 cm³/mol. The Hall–Kier alpha value is -2.83. The molecule has 7 heteroatoms. The molecule has 0 bridgehead atoms. The highest BCUT2D eigenvalue weighted by Crippen LogP contribution is 2.10. The van der Waals surface area contributed by atoms with Crippen molar-refractivity contribution >= 4 is 11.9 Å². The van der Waals surface area contributed by atoms with Crippen LogP contribution in [-0.2, 0) is 0 Å². The van der Waals surface area contributed by atoms with Gasteiger partial charge in [0.15, 0.2) is 5.96 Å². The molecule has 0 saturated carbocycles. The third-order valence-electron chi connectivity index (χ3n) is 4.49. The lowest BCUT2D eigenvalue weighted by Crippen LogP contribution is -2.53. The van der Waals surface area contributed by atoms with Gasteiger partial charge in [-0.05, 0) is 31.0 Å². The maximum atomic E-state index is 5.72. The van der Waals surface area contributed by atoms with Crippen LogP contribution in [0.4, 0.5) is 5.95 Å². The number of unbranched alkanes of at least 4 members (excludes halogenated alkanes) is 1. The summed E-state index contributed by atoms with van der Waals surface area (Å²) in [5, 5.41) is 3.46. The zero-order valence-corrected chi connectivity index (χ0v) is 15.9. The Balaban J connectivity index is 1.32. The summed E-state index contributed by atoms with van der Waals surface area (Å²) >= 11 is 0. The molecular formula is C20H28N6O. The molecule has 0 radical (unpaired) electrons. The third kappa shape index (κ3) is 5.84. The second kappa shape index (κ2) is 10.4. The van der Waals surface area contributed by atoms with Crippen molar-refractivity contribution in [2.24, 2.45) is 4.99 Å². The summed E-state index contributed by atoms with van der Waals surface area (Å²) in [6.45, 7) is 5.25. The van der Waals surface area contributed by atoms with Crippen molar-refractivity contribution in [1.29, 1.82) is 0 Å². The van der Waals surface area contributed by atoms with Crippen LogP contribution in [0.25, 0.3) is 0 Å². The molecule has 0 spiro atoms. The summed E-state index contributed by atoms with van der Waals surface area (Å²) in [7, 11) is 1.84. The predicted octanol–water partition coefficient (Wildman–Crippen LogP) is 2.03. The summed E-state index contributed by atoms with van der Waals surface area (Å²) < 4.78 is 5.72. The molecule has 1 saturated heterocycles. The zero-order valence-electron chi connectivity index (χ0n) is 15.9. The van der Waals surface area contributed by atoms with Crippen molar-refractivity contribution in [3.8, 4) is 5.75 Å². The minimum absolute atomic E-state index is 0.736. The lowest BCUT2D eigenvalue weighted by molar-refractivity contribution is 0.306. The highest BCUT2D eigenvalue weighted by atomic mass is 16.5. The van der Waals surface area contributed by atoms with Gasteiger partial charge in [0.1, 0.15) is 5.75 Å². The number of aromatic nitrogens is 2. The number of hydrogen-bond donors (Lipinski definition) is 1. The highest BCUT2D eigenvalue weighted by Gasteiger charge is 2.20. The van der Waals surface area contributed by atoms with E-state index in [1.807, 2.05) is 43.4 Å². The number of nitrogens with zero attached hydrogens (tertiary/aromatic N) is 5. The van der Waals surface area contributed by atoms with E-state index in [4.69, 9.17) is 4.74 Å². The summed E-state index contributed by atoms with van der Waals surface area (Å²) in [5.74, 6) is 2.70. The lowest BCUT2D eigenvalue weighted by Gasteiger charge is -2.36. The molecule has 0 unspecified atom stereocenters. The molecule has 1 aromatic heterocycles. The molecule has 0 atom stereocenters. The summed E-state index contributed by atoms with van der Waals surface area (Å²) in [6, 6.07) is 11.8. The average Bonchev–Trinajstić information content (AvgIpc) is 2.75. The Morgan fingerprint density at radius 2 is 1.78 bits per heavy atom. The number of rotatable bonds is 7. The molecule has 27 heavy (non-hydrogen) atoms. The molecule has 0 aliphatic carbocycles. The number of ether oxygens (including phenoxy) is 1. The van der Waals surface area contributed by atoms with E-state index in [0.717, 1.165) is 69.8 Å². The van der Waals surface area contributed by atoms with E-state index >= 15 is 0 Å². The van der Waals surface area contributed by atoms with Gasteiger partial charge in [-0.15, -0.1) is 0 Å². The third-order valence-corrected chi connectivity index (χ3v) is 4.49. The van der Waals surface area contributed by atoms with Gasteiger partial charge < -0.3 is 19.9 Å². The fourth-order valence-corrected chi connectivity index (χ4v) is 3.04. The standard InChI is InChI=1S/C20H28N6O/c1-21-19(22-10-5-6-17-27-18-8-3-2-4-9-18)25-13-15-26(16-14-25)20-23-11-7-12-24-20/h2-4,7-9,11-12H,5-6,10,13-17H2,1H3,(H,21,22). The maximum absolute atomic E-state index is 5.72. The van der Waals surface area contributed by atoms with E-state index < -0.39 is 0 Å². The number of guanidine groups is 1. The second-order valence-corrected chi connectivity index (χ2v) is 6.37. The number of aliphatic imine (C=N–C) groups is 1. The minimum atomic E-state index is 0.736. The lowest BCUT2D eigenvalue weighted by atomic mass is 10.3. The van der Waals surface area contributed by atoms with Crippen LogP contribution in [0.3, 0.4) is 0 Å². The van der Waals surface area contributed by atoms with Crippen LogP contribution in [0.1, 0.15) is 12.8 Å². The summed E-state index contributed by atoms with van der Waals surface area (Å²) in [6.07, 6.45) is 5.63. The quantitative estimate of drug-likeness (QED) is 0.458. The minimum Gasteiger partial charge on any atom is -0.494 e. The van der Waals surface area contributed by atoms with Crippen molar-refractivity contribution in [2.75, 3.05) is 51.3 Å². The van der Waals surface area contributed by atoms with Gasteiger partial charge in [0.25, 0.3) is 0 Å². The summed E-state index contributed by atoms with van der Waals surface area (Å²) in [4.78, 5) is 17.6. The Morgan fingerprint density at radius 3 is 2.48 bits per heavy atom. The normalized spacial score (nSPS) is 14.9. The number of piperazine rings is 1. The number of nitrogens with one attached hydrogen (secondary N) is 1. The first-order chi connectivity index (χ1) is 13.4. The molecule has 1 aliphatic rings. The zero-order chi connectivity index (χ0) is 18.7. The fourth-order valence-electron chi connectivity index (χ4n) is 3.04. The Morgan fingerprint density at radius 1 is 1.04 bits per heavy atom. The van der Waals surface area contributed by atoms with Crippen molar-refractivity contribution in [3.05, 3.63) is 48.8 Å². The molecular weight excluding hydrogens is 340 g/mol. The SMILES string of the molecule is CN=C(NCCCCOc1ccccc1)N1CCN(c2ncccn2)CC1. The first kappa shape index (κ1) is 18.9. The van der Waals surface area contributed by atoms with E-state index in [0.29, 0.717) is 0 Å². The van der Waals surface area contributed by atoms with E-state index in [-0.39, 0.29) is 0 Å². The van der Waals surface area contributed by atoms with Crippen LogP contribution >= 0.6 is 0 Å². The van der Waals surface area contributed by atoms with E-state index in [9.17, 15) is 0 Å². The van der Waals surface area contributed by atoms with Crippen molar-refractivity contribution in [1.82, 2.24) is 20.2 Å². The second-order valence-electron chi connectivity index (χ2n) is 6.37. The smallest absolute Gasteiger partial charge is 0.225 e. The Bertz CT molecular complexity index is 686. The van der Waals surface area contributed by atoms with Gasteiger partial charge in [-0.2, -0.15) is 0 Å². The van der Waals surface area contributed by atoms with Crippen molar-refractivity contribution in [3.63, 3.8) is 0 Å². The number of hydrogen-bond acceptors (Lipinski definition) is 5. The van der Waals surface area contributed by atoms with Gasteiger partial charge in [0.05, 0.1) is 6.61 Å². The van der Waals surface area contributed by atoms with Crippen molar-refractivity contribution in [2.45, 2.75) is 12.8 Å². The summed E-state index contributed by atoms with van der Waals surface area (Å²) in [5.41, 5.74) is 0. The number of para-hydroxylation sites is 1. The van der Waals surface area contributed by atoms with Gasteiger partial charge in [-0.1, -0.05) is 18.2 Å². The van der Waals surface area contributed by atoms with Crippen LogP contribution in [0, 0.1) is 0 Å². The first-order valence-electron chi connectivity index (χ1n) is 9.52. The molecule has 1 fully saturated rings. The molecule has 144 valence electrons. The molecule has 1 aromatic carbocycles. The Kier molecular flexibility index (Phi) is 7.26.